The third-order valence-corrected chi connectivity index (χ3v) is 6.50. The molecule has 7 nitrogen and oxygen atoms in total. The molecule has 0 radical (unpaired) electrons. The standard InChI is InChI=1S/C21H32N2O5S/c1-27-21(24)23-13-5-8-19(22-15-29(25)26)20(23)14-28-18-11-9-17(10-12-18)16-6-3-2-4-7-16/h2-4,6-7,17-20,22H,5,8-15H2,1H3,(H,25,26)/p-1. The summed E-state index contributed by atoms with van der Waals surface area (Å²) in [5.74, 6) is 0.456. The van der Waals surface area contributed by atoms with Crippen molar-refractivity contribution in [2.24, 2.45) is 0 Å². The van der Waals surface area contributed by atoms with Gasteiger partial charge in [0.15, 0.2) is 0 Å². The van der Waals surface area contributed by atoms with Crippen molar-refractivity contribution < 1.29 is 23.0 Å². The van der Waals surface area contributed by atoms with Gasteiger partial charge in [-0.15, -0.1) is 0 Å². The van der Waals surface area contributed by atoms with E-state index < -0.39 is 11.1 Å². The average molecular weight is 424 g/mol. The number of amides is 1. The number of nitrogens with zero attached hydrogens (tertiary/aromatic N) is 1. The number of nitrogens with one attached hydrogen (secondary N) is 1. The van der Waals surface area contributed by atoms with Crippen molar-refractivity contribution in [1.29, 1.82) is 0 Å². The third-order valence-electron chi connectivity index (χ3n) is 6.10. The Morgan fingerprint density at radius 3 is 2.59 bits per heavy atom. The quantitative estimate of drug-likeness (QED) is 0.678. The molecule has 1 heterocycles. The zero-order valence-corrected chi connectivity index (χ0v) is 17.8. The average Bonchev–Trinajstić information content (AvgIpc) is 2.76. The van der Waals surface area contributed by atoms with Crippen LogP contribution in [0.3, 0.4) is 0 Å². The van der Waals surface area contributed by atoms with Gasteiger partial charge >= 0.3 is 6.09 Å². The van der Waals surface area contributed by atoms with E-state index in [1.807, 2.05) is 6.07 Å². The van der Waals surface area contributed by atoms with Crippen molar-refractivity contribution in [2.75, 3.05) is 26.1 Å². The van der Waals surface area contributed by atoms with Crippen LogP contribution in [-0.2, 0) is 20.6 Å². The van der Waals surface area contributed by atoms with Crippen LogP contribution in [-0.4, -0.2) is 64.1 Å². The summed E-state index contributed by atoms with van der Waals surface area (Å²) in [7, 11) is 1.37. The van der Waals surface area contributed by atoms with E-state index in [1.165, 1.54) is 12.7 Å². The summed E-state index contributed by atoms with van der Waals surface area (Å²) in [4.78, 5) is 13.9. The highest BCUT2D eigenvalue weighted by Gasteiger charge is 2.36. The smallest absolute Gasteiger partial charge is 0.409 e. The van der Waals surface area contributed by atoms with Crippen LogP contribution in [0.15, 0.2) is 30.3 Å². The number of carbonyl (C=O) groups excluding carboxylic acids is 1. The molecular weight excluding hydrogens is 392 g/mol. The molecule has 3 rings (SSSR count). The molecule has 1 amide bonds. The van der Waals surface area contributed by atoms with Gasteiger partial charge in [0.25, 0.3) is 0 Å². The SMILES string of the molecule is COC(=O)N1CCCC(NCS(=O)[O-])C1COC1CCC(c2ccccc2)CC1. The Morgan fingerprint density at radius 2 is 1.93 bits per heavy atom. The van der Waals surface area contributed by atoms with Crippen LogP contribution in [0.1, 0.15) is 50.0 Å². The van der Waals surface area contributed by atoms with Crippen LogP contribution >= 0.6 is 0 Å². The number of ether oxygens (including phenoxy) is 2. The lowest BCUT2D eigenvalue weighted by Gasteiger charge is -2.41. The Balaban J connectivity index is 1.55. The Bertz CT molecular complexity index is 666. The summed E-state index contributed by atoms with van der Waals surface area (Å²) >= 11 is -2.17. The molecule has 29 heavy (non-hydrogen) atoms. The van der Waals surface area contributed by atoms with Crippen molar-refractivity contribution in [3.63, 3.8) is 0 Å². The van der Waals surface area contributed by atoms with Crippen molar-refractivity contribution >= 4 is 17.2 Å². The van der Waals surface area contributed by atoms with E-state index >= 15 is 0 Å². The predicted octanol–water partition coefficient (Wildman–Crippen LogP) is 2.76. The summed E-state index contributed by atoms with van der Waals surface area (Å²) in [6.45, 7) is 0.985. The van der Waals surface area contributed by atoms with Crippen molar-refractivity contribution in [1.82, 2.24) is 10.2 Å². The molecule has 1 saturated heterocycles. The first-order chi connectivity index (χ1) is 14.1. The summed E-state index contributed by atoms with van der Waals surface area (Å²) < 4.78 is 33.1. The highest BCUT2D eigenvalue weighted by Crippen LogP contribution is 2.34. The second-order valence-corrected chi connectivity index (χ2v) is 8.75. The van der Waals surface area contributed by atoms with Gasteiger partial charge in [-0.3, -0.25) is 4.21 Å². The molecule has 2 fully saturated rings. The van der Waals surface area contributed by atoms with E-state index in [0.29, 0.717) is 19.1 Å². The molecule has 162 valence electrons. The summed E-state index contributed by atoms with van der Waals surface area (Å²) in [5.41, 5.74) is 1.39. The van der Waals surface area contributed by atoms with Gasteiger partial charge in [-0.2, -0.15) is 0 Å². The largest absolute Gasteiger partial charge is 0.771 e. The van der Waals surface area contributed by atoms with Crippen LogP contribution in [0.2, 0.25) is 0 Å². The first-order valence-electron chi connectivity index (χ1n) is 10.4. The second-order valence-electron chi connectivity index (χ2n) is 7.85. The van der Waals surface area contributed by atoms with Crippen molar-refractivity contribution in [3.8, 4) is 0 Å². The molecule has 0 aromatic heterocycles. The zero-order valence-electron chi connectivity index (χ0n) is 17.0. The molecule has 2 aliphatic rings. The van der Waals surface area contributed by atoms with Crippen LogP contribution in [0.4, 0.5) is 4.79 Å². The van der Waals surface area contributed by atoms with Crippen LogP contribution < -0.4 is 5.32 Å². The fourth-order valence-electron chi connectivity index (χ4n) is 4.54. The van der Waals surface area contributed by atoms with Crippen LogP contribution in [0.25, 0.3) is 0 Å². The van der Waals surface area contributed by atoms with Gasteiger partial charge in [-0.1, -0.05) is 30.3 Å². The number of hydrogen-bond acceptors (Lipinski definition) is 6. The summed E-state index contributed by atoms with van der Waals surface area (Å²) in [5, 5.41) is 3.05. The molecule has 0 bridgehead atoms. The van der Waals surface area contributed by atoms with Crippen molar-refractivity contribution in [2.45, 2.75) is 62.6 Å². The second kappa shape index (κ2) is 11.1. The molecule has 0 spiro atoms. The lowest BCUT2D eigenvalue weighted by atomic mass is 9.83. The van der Waals surface area contributed by atoms with Crippen LogP contribution in [0, 0.1) is 0 Å². The van der Waals surface area contributed by atoms with Gasteiger partial charge in [-0.25, -0.2) is 4.79 Å². The number of piperidine rings is 1. The maximum absolute atomic E-state index is 12.2. The van der Waals surface area contributed by atoms with E-state index in [4.69, 9.17) is 9.47 Å². The molecule has 1 aromatic rings. The zero-order chi connectivity index (χ0) is 20.6. The van der Waals surface area contributed by atoms with E-state index in [9.17, 15) is 13.6 Å². The van der Waals surface area contributed by atoms with Gasteiger partial charge in [0.1, 0.15) is 0 Å². The van der Waals surface area contributed by atoms with Crippen LogP contribution in [0.5, 0.6) is 0 Å². The van der Waals surface area contributed by atoms with E-state index in [-0.39, 0.29) is 30.2 Å². The number of hydrogen-bond donors (Lipinski definition) is 1. The number of rotatable bonds is 7. The topological polar surface area (TPSA) is 90.9 Å². The highest BCUT2D eigenvalue weighted by molar-refractivity contribution is 7.79. The van der Waals surface area contributed by atoms with E-state index in [1.54, 1.807) is 4.90 Å². The maximum Gasteiger partial charge on any atom is 0.409 e. The minimum absolute atomic E-state index is 0.124. The molecular formula is C21H31N2O5S-. The Hall–Kier alpha value is -1.48. The van der Waals surface area contributed by atoms with Gasteiger partial charge in [0.05, 0.1) is 31.7 Å². The minimum Gasteiger partial charge on any atom is -0.771 e. The normalized spacial score (nSPS) is 28.7. The Morgan fingerprint density at radius 1 is 1.21 bits per heavy atom. The molecule has 1 aliphatic carbocycles. The molecule has 1 aliphatic heterocycles. The number of benzene rings is 1. The molecule has 1 saturated carbocycles. The lowest BCUT2D eigenvalue weighted by Crippen LogP contribution is -2.58. The monoisotopic (exact) mass is 423 g/mol. The summed E-state index contributed by atoms with van der Waals surface area (Å²) in [6, 6.07) is 10.3. The van der Waals surface area contributed by atoms with Gasteiger partial charge in [0, 0.05) is 12.6 Å². The number of methoxy groups -OCH3 is 1. The maximum atomic E-state index is 12.2. The molecule has 3 atom stereocenters. The fourth-order valence-corrected chi connectivity index (χ4v) is 4.89. The molecule has 3 unspecified atom stereocenters. The first kappa shape index (κ1) is 22.2. The number of likely N-dealkylation sites (tertiary alicyclic amines) is 1. The molecule has 8 heteroatoms. The minimum atomic E-state index is -2.17. The van der Waals surface area contributed by atoms with Gasteiger partial charge in [0.2, 0.25) is 0 Å². The highest BCUT2D eigenvalue weighted by atomic mass is 32.2. The molecule has 1 aromatic carbocycles. The first-order valence-corrected chi connectivity index (χ1v) is 11.6. The van der Waals surface area contributed by atoms with Gasteiger partial charge in [-0.05, 0) is 61.1 Å². The van der Waals surface area contributed by atoms with E-state index in [2.05, 4.69) is 29.6 Å². The fraction of sp³-hybridized carbons (Fsp3) is 0.667. The third kappa shape index (κ3) is 6.25. The Labute approximate surface area is 175 Å². The number of carbonyl (C=O) groups is 1. The lowest BCUT2D eigenvalue weighted by molar-refractivity contribution is -0.0262. The summed E-state index contributed by atoms with van der Waals surface area (Å²) in [6.07, 6.45) is 5.57. The van der Waals surface area contributed by atoms with Gasteiger partial charge < -0.3 is 24.2 Å². The predicted molar refractivity (Wildman–Crippen MR) is 110 cm³/mol. The van der Waals surface area contributed by atoms with Crippen molar-refractivity contribution in [3.05, 3.63) is 35.9 Å². The van der Waals surface area contributed by atoms with E-state index in [0.717, 1.165) is 38.5 Å². The Kier molecular flexibility index (Phi) is 8.47. The molecule has 1 N–H and O–H groups in total.